The molecule has 0 heterocycles. The summed E-state index contributed by atoms with van der Waals surface area (Å²) >= 11 is 0. The number of hydrogen-bond donors (Lipinski definition) is 1. The van der Waals surface area contributed by atoms with E-state index in [1.54, 1.807) is 0 Å². The Kier molecular flexibility index (Phi) is 2.73. The van der Waals surface area contributed by atoms with Crippen molar-refractivity contribution in [2.24, 2.45) is 5.73 Å². The molecule has 2 N–H and O–H groups in total. The molecule has 80 valence electrons. The smallest absolute Gasteiger partial charge is 0.217 e. The zero-order valence-corrected chi connectivity index (χ0v) is 8.61. The van der Waals surface area contributed by atoms with Gasteiger partial charge in [0.05, 0.1) is 0 Å². The minimum Gasteiger partial charge on any atom is -0.466 e. The van der Waals surface area contributed by atoms with E-state index in [9.17, 15) is 4.79 Å². The summed E-state index contributed by atoms with van der Waals surface area (Å²) in [6.45, 7) is 0. The molecule has 0 spiro atoms. The van der Waals surface area contributed by atoms with Gasteiger partial charge in [0.1, 0.15) is 5.75 Å². The van der Waals surface area contributed by atoms with E-state index in [-0.39, 0.29) is 5.78 Å². The Labute approximate surface area is 89.2 Å². The van der Waals surface area contributed by atoms with Crippen molar-refractivity contribution in [3.63, 3.8) is 0 Å². The van der Waals surface area contributed by atoms with Crippen LogP contribution in [0.4, 0.5) is 0 Å². The molecular weight excluding hydrogens is 190 g/mol. The quantitative estimate of drug-likeness (QED) is 0.750. The second-order valence-corrected chi connectivity index (χ2v) is 3.93. The summed E-state index contributed by atoms with van der Waals surface area (Å²) in [4.78, 5) is 11.7. The van der Waals surface area contributed by atoms with Crippen molar-refractivity contribution < 1.29 is 9.53 Å². The van der Waals surface area contributed by atoms with Crippen molar-refractivity contribution in [1.82, 2.24) is 0 Å². The third-order valence-electron chi connectivity index (χ3n) is 2.72. The molecule has 1 saturated carbocycles. The SMILES string of the molecule is NC1(Oc2ccccc2)CCCCC1=O. The van der Waals surface area contributed by atoms with E-state index in [2.05, 4.69) is 0 Å². The van der Waals surface area contributed by atoms with Crippen LogP contribution in [0.15, 0.2) is 30.3 Å². The Balaban J connectivity index is 2.13. The minimum atomic E-state index is -1.10. The summed E-state index contributed by atoms with van der Waals surface area (Å²) in [5.41, 5.74) is 4.87. The molecule has 1 aromatic rings. The monoisotopic (exact) mass is 205 g/mol. The first-order chi connectivity index (χ1) is 7.21. The standard InChI is InChI=1S/C12H15NO2/c13-12(9-5-4-8-11(12)14)15-10-6-2-1-3-7-10/h1-3,6-7H,4-5,8-9,13H2. The molecule has 1 aliphatic carbocycles. The largest absolute Gasteiger partial charge is 0.466 e. The topological polar surface area (TPSA) is 52.3 Å². The number of carbonyl (C=O) groups is 1. The Bertz CT molecular complexity index is 350. The second-order valence-electron chi connectivity index (χ2n) is 3.93. The Hall–Kier alpha value is -1.35. The van der Waals surface area contributed by atoms with Crippen LogP contribution in [0.25, 0.3) is 0 Å². The van der Waals surface area contributed by atoms with Gasteiger partial charge in [0.25, 0.3) is 0 Å². The van der Waals surface area contributed by atoms with Crippen LogP contribution < -0.4 is 10.5 Å². The maximum atomic E-state index is 11.7. The van der Waals surface area contributed by atoms with E-state index in [1.807, 2.05) is 30.3 Å². The van der Waals surface area contributed by atoms with Gasteiger partial charge in [-0.3, -0.25) is 10.5 Å². The van der Waals surface area contributed by atoms with Gasteiger partial charge in [0.15, 0.2) is 5.78 Å². The fraction of sp³-hybridized carbons (Fsp3) is 0.417. The molecule has 0 bridgehead atoms. The summed E-state index contributed by atoms with van der Waals surface area (Å²) in [5.74, 6) is 0.674. The van der Waals surface area contributed by atoms with Crippen molar-refractivity contribution in [3.8, 4) is 5.75 Å². The van der Waals surface area contributed by atoms with Crippen LogP contribution in [0.1, 0.15) is 25.7 Å². The van der Waals surface area contributed by atoms with Gasteiger partial charge < -0.3 is 4.74 Å². The average molecular weight is 205 g/mol. The van der Waals surface area contributed by atoms with Gasteiger partial charge in [0.2, 0.25) is 5.72 Å². The molecule has 0 saturated heterocycles. The van der Waals surface area contributed by atoms with Crippen molar-refractivity contribution in [2.45, 2.75) is 31.4 Å². The molecule has 2 rings (SSSR count). The zero-order valence-electron chi connectivity index (χ0n) is 8.61. The fourth-order valence-electron chi connectivity index (χ4n) is 1.83. The number of para-hydroxylation sites is 1. The van der Waals surface area contributed by atoms with Crippen LogP contribution in [0.5, 0.6) is 5.75 Å². The molecule has 3 heteroatoms. The van der Waals surface area contributed by atoms with Crippen molar-refractivity contribution in [3.05, 3.63) is 30.3 Å². The van der Waals surface area contributed by atoms with E-state index in [4.69, 9.17) is 10.5 Å². The number of carbonyl (C=O) groups excluding carboxylic acids is 1. The summed E-state index contributed by atoms with van der Waals surface area (Å²) in [6.07, 6.45) is 3.02. The first-order valence-electron chi connectivity index (χ1n) is 5.27. The van der Waals surface area contributed by atoms with E-state index in [1.165, 1.54) is 0 Å². The van der Waals surface area contributed by atoms with Crippen LogP contribution in [-0.4, -0.2) is 11.5 Å². The maximum absolute atomic E-state index is 11.7. The lowest BCUT2D eigenvalue weighted by molar-refractivity contribution is -0.137. The molecule has 1 unspecified atom stereocenters. The van der Waals surface area contributed by atoms with Crippen LogP contribution in [0.3, 0.4) is 0 Å². The second kappa shape index (κ2) is 4.03. The highest BCUT2D eigenvalue weighted by atomic mass is 16.5. The summed E-state index contributed by atoms with van der Waals surface area (Å²) in [5, 5.41) is 0. The van der Waals surface area contributed by atoms with E-state index in [0.717, 1.165) is 12.8 Å². The van der Waals surface area contributed by atoms with Crippen LogP contribution >= 0.6 is 0 Å². The van der Waals surface area contributed by atoms with Crippen molar-refractivity contribution in [1.29, 1.82) is 0 Å². The van der Waals surface area contributed by atoms with Gasteiger partial charge in [-0.25, -0.2) is 0 Å². The van der Waals surface area contributed by atoms with Gasteiger partial charge in [-0.05, 0) is 25.0 Å². The van der Waals surface area contributed by atoms with Crippen LogP contribution in [0.2, 0.25) is 0 Å². The average Bonchev–Trinajstić information content (AvgIpc) is 2.24. The van der Waals surface area contributed by atoms with Gasteiger partial charge in [-0.2, -0.15) is 0 Å². The molecule has 15 heavy (non-hydrogen) atoms. The van der Waals surface area contributed by atoms with E-state index >= 15 is 0 Å². The zero-order chi connectivity index (χ0) is 10.7. The molecule has 0 aromatic heterocycles. The van der Waals surface area contributed by atoms with E-state index in [0.29, 0.717) is 18.6 Å². The maximum Gasteiger partial charge on any atom is 0.217 e. The predicted molar refractivity (Wildman–Crippen MR) is 57.5 cm³/mol. The summed E-state index contributed by atoms with van der Waals surface area (Å²) < 4.78 is 5.58. The lowest BCUT2D eigenvalue weighted by Crippen LogP contribution is -2.54. The van der Waals surface area contributed by atoms with Crippen molar-refractivity contribution in [2.75, 3.05) is 0 Å². The number of nitrogens with two attached hydrogens (primary N) is 1. The lowest BCUT2D eigenvalue weighted by Gasteiger charge is -2.32. The summed E-state index contributed by atoms with van der Waals surface area (Å²) in [6, 6.07) is 9.27. The van der Waals surface area contributed by atoms with Crippen molar-refractivity contribution >= 4 is 5.78 Å². The molecule has 0 radical (unpaired) electrons. The molecule has 1 aliphatic rings. The molecule has 0 amide bonds. The first-order valence-corrected chi connectivity index (χ1v) is 5.27. The molecule has 1 atom stereocenters. The number of ether oxygens (including phenoxy) is 1. The fourth-order valence-corrected chi connectivity index (χ4v) is 1.83. The number of rotatable bonds is 2. The number of hydrogen-bond acceptors (Lipinski definition) is 3. The highest BCUT2D eigenvalue weighted by Gasteiger charge is 2.38. The Morgan fingerprint density at radius 3 is 2.60 bits per heavy atom. The van der Waals surface area contributed by atoms with Gasteiger partial charge in [-0.1, -0.05) is 18.2 Å². The van der Waals surface area contributed by atoms with Gasteiger partial charge in [0, 0.05) is 12.8 Å². The third-order valence-corrected chi connectivity index (χ3v) is 2.72. The Morgan fingerprint density at radius 1 is 1.20 bits per heavy atom. The lowest BCUT2D eigenvalue weighted by atomic mass is 9.91. The van der Waals surface area contributed by atoms with Crippen LogP contribution in [-0.2, 0) is 4.79 Å². The third kappa shape index (κ3) is 2.18. The molecule has 0 aliphatic heterocycles. The molecule has 3 nitrogen and oxygen atoms in total. The molecule has 1 fully saturated rings. The molecule has 1 aromatic carbocycles. The van der Waals surface area contributed by atoms with Gasteiger partial charge >= 0.3 is 0 Å². The van der Waals surface area contributed by atoms with Crippen LogP contribution in [0, 0.1) is 0 Å². The number of ketones is 1. The molecular formula is C12H15NO2. The summed E-state index contributed by atoms with van der Waals surface area (Å²) in [7, 11) is 0. The minimum absolute atomic E-state index is 0.0117. The highest BCUT2D eigenvalue weighted by molar-refractivity contribution is 5.87. The first kappa shape index (κ1) is 10.2. The number of benzene rings is 1. The van der Waals surface area contributed by atoms with E-state index < -0.39 is 5.72 Å². The highest BCUT2D eigenvalue weighted by Crippen LogP contribution is 2.26. The number of Topliss-reactive ketones (excluding diaryl/α,β-unsaturated/α-hetero) is 1. The Morgan fingerprint density at radius 2 is 1.93 bits per heavy atom. The normalized spacial score (nSPS) is 26.3. The predicted octanol–water partition coefficient (Wildman–Crippen LogP) is 1.86. The van der Waals surface area contributed by atoms with Gasteiger partial charge in [-0.15, -0.1) is 0 Å².